The fourth-order valence-corrected chi connectivity index (χ4v) is 1.29. The van der Waals surface area contributed by atoms with Crippen LogP contribution in [0.25, 0.3) is 0 Å². The monoisotopic (exact) mass is 177 g/mol. The molecule has 1 atom stereocenters. The SMILES string of the molecule is CCCC(C#N)c1ccc(F)cc1. The number of benzene rings is 1. The highest BCUT2D eigenvalue weighted by Gasteiger charge is 2.08. The van der Waals surface area contributed by atoms with E-state index in [-0.39, 0.29) is 11.7 Å². The van der Waals surface area contributed by atoms with E-state index < -0.39 is 0 Å². The summed E-state index contributed by atoms with van der Waals surface area (Å²) < 4.78 is 12.6. The van der Waals surface area contributed by atoms with Gasteiger partial charge in [-0.25, -0.2) is 4.39 Å². The van der Waals surface area contributed by atoms with Gasteiger partial charge in [0.1, 0.15) is 5.82 Å². The molecule has 0 aliphatic heterocycles. The summed E-state index contributed by atoms with van der Waals surface area (Å²) in [5.41, 5.74) is 0.908. The number of hydrogen-bond donors (Lipinski definition) is 0. The third kappa shape index (κ3) is 2.55. The highest BCUT2D eigenvalue weighted by Crippen LogP contribution is 2.20. The topological polar surface area (TPSA) is 23.8 Å². The van der Waals surface area contributed by atoms with Crippen LogP contribution < -0.4 is 0 Å². The minimum atomic E-state index is -0.253. The van der Waals surface area contributed by atoms with Gasteiger partial charge >= 0.3 is 0 Å². The summed E-state index contributed by atoms with van der Waals surface area (Å²) in [6.45, 7) is 2.04. The average molecular weight is 177 g/mol. The number of rotatable bonds is 3. The van der Waals surface area contributed by atoms with Crippen LogP contribution in [0.1, 0.15) is 31.2 Å². The van der Waals surface area contributed by atoms with Crippen LogP contribution in [0.2, 0.25) is 0 Å². The van der Waals surface area contributed by atoms with Crippen LogP contribution in [0.4, 0.5) is 4.39 Å². The summed E-state index contributed by atoms with van der Waals surface area (Å²) >= 11 is 0. The first kappa shape index (κ1) is 9.73. The molecular weight excluding hydrogens is 165 g/mol. The fraction of sp³-hybridized carbons (Fsp3) is 0.364. The average Bonchev–Trinajstić information content (AvgIpc) is 2.16. The Morgan fingerprint density at radius 2 is 2.00 bits per heavy atom. The van der Waals surface area contributed by atoms with Gasteiger partial charge in [-0.3, -0.25) is 0 Å². The van der Waals surface area contributed by atoms with E-state index in [2.05, 4.69) is 6.07 Å². The van der Waals surface area contributed by atoms with Crippen molar-refractivity contribution in [2.45, 2.75) is 25.7 Å². The second-order valence-electron chi connectivity index (χ2n) is 3.02. The molecule has 1 rings (SSSR count). The molecule has 0 bridgehead atoms. The predicted octanol–water partition coefficient (Wildman–Crippen LogP) is 3.23. The van der Waals surface area contributed by atoms with Crippen LogP contribution >= 0.6 is 0 Å². The summed E-state index contributed by atoms with van der Waals surface area (Å²) in [5.74, 6) is -0.345. The van der Waals surface area contributed by atoms with Crippen LogP contribution in [0.15, 0.2) is 24.3 Å². The lowest BCUT2D eigenvalue weighted by Gasteiger charge is -2.06. The Labute approximate surface area is 77.8 Å². The molecule has 0 fully saturated rings. The molecule has 1 nitrogen and oxygen atoms in total. The zero-order valence-electron chi connectivity index (χ0n) is 7.63. The lowest BCUT2D eigenvalue weighted by atomic mass is 9.96. The first-order valence-corrected chi connectivity index (χ1v) is 4.43. The second-order valence-corrected chi connectivity index (χ2v) is 3.02. The molecule has 0 spiro atoms. The molecule has 1 aromatic carbocycles. The van der Waals surface area contributed by atoms with Gasteiger partial charge in [-0.15, -0.1) is 0 Å². The molecule has 0 heterocycles. The van der Waals surface area contributed by atoms with Gasteiger partial charge < -0.3 is 0 Å². The Hall–Kier alpha value is -1.36. The third-order valence-corrected chi connectivity index (χ3v) is 2.01. The molecule has 0 N–H and O–H groups in total. The first-order valence-electron chi connectivity index (χ1n) is 4.43. The van der Waals surface area contributed by atoms with E-state index in [0.29, 0.717) is 0 Å². The van der Waals surface area contributed by atoms with Crippen molar-refractivity contribution in [3.63, 3.8) is 0 Å². The van der Waals surface area contributed by atoms with E-state index in [4.69, 9.17) is 5.26 Å². The predicted molar refractivity (Wildman–Crippen MR) is 49.7 cm³/mol. The van der Waals surface area contributed by atoms with E-state index in [1.807, 2.05) is 6.92 Å². The molecule has 13 heavy (non-hydrogen) atoms. The maximum Gasteiger partial charge on any atom is 0.123 e. The second kappa shape index (κ2) is 4.61. The van der Waals surface area contributed by atoms with Crippen molar-refractivity contribution in [1.82, 2.24) is 0 Å². The van der Waals surface area contributed by atoms with E-state index in [1.165, 1.54) is 12.1 Å². The molecule has 0 aliphatic carbocycles. The summed E-state index contributed by atoms with van der Waals surface area (Å²) in [6.07, 6.45) is 1.80. The number of nitrogens with zero attached hydrogens (tertiary/aromatic N) is 1. The zero-order valence-corrected chi connectivity index (χ0v) is 7.63. The Kier molecular flexibility index (Phi) is 3.45. The maximum absolute atomic E-state index is 12.6. The summed E-state index contributed by atoms with van der Waals surface area (Å²) in [7, 11) is 0. The maximum atomic E-state index is 12.6. The van der Waals surface area contributed by atoms with Crippen LogP contribution in [0.5, 0.6) is 0 Å². The van der Waals surface area contributed by atoms with Crippen molar-refractivity contribution in [2.24, 2.45) is 0 Å². The standard InChI is InChI=1S/C11H12FN/c1-2-3-10(8-13)9-4-6-11(12)7-5-9/h4-7,10H,2-3H2,1H3. The quantitative estimate of drug-likeness (QED) is 0.695. The first-order chi connectivity index (χ1) is 6.27. The fourth-order valence-electron chi connectivity index (χ4n) is 1.29. The van der Waals surface area contributed by atoms with Crippen molar-refractivity contribution in [3.8, 4) is 6.07 Å². The van der Waals surface area contributed by atoms with E-state index in [1.54, 1.807) is 12.1 Å². The Morgan fingerprint density at radius 1 is 1.38 bits per heavy atom. The van der Waals surface area contributed by atoms with Gasteiger partial charge in [-0.2, -0.15) is 5.26 Å². The van der Waals surface area contributed by atoms with E-state index in [9.17, 15) is 4.39 Å². The van der Waals surface area contributed by atoms with Gasteiger partial charge in [0.05, 0.1) is 12.0 Å². The van der Waals surface area contributed by atoms with Crippen molar-refractivity contribution in [1.29, 1.82) is 5.26 Å². The van der Waals surface area contributed by atoms with Crippen molar-refractivity contribution in [3.05, 3.63) is 35.6 Å². The van der Waals surface area contributed by atoms with Crippen LogP contribution in [-0.2, 0) is 0 Å². The molecule has 1 aromatic rings. The van der Waals surface area contributed by atoms with Gasteiger partial charge in [-0.05, 0) is 24.1 Å². The number of hydrogen-bond acceptors (Lipinski definition) is 1. The molecule has 0 amide bonds. The molecular formula is C11H12FN. The molecule has 1 unspecified atom stereocenters. The van der Waals surface area contributed by atoms with Crippen LogP contribution in [-0.4, -0.2) is 0 Å². The van der Waals surface area contributed by atoms with Gasteiger partial charge in [0.2, 0.25) is 0 Å². The molecule has 0 saturated heterocycles. The molecule has 0 saturated carbocycles. The summed E-state index contributed by atoms with van der Waals surface area (Å²) in [5, 5.41) is 8.84. The zero-order chi connectivity index (χ0) is 9.68. The smallest absolute Gasteiger partial charge is 0.123 e. The van der Waals surface area contributed by atoms with Crippen molar-refractivity contribution in [2.75, 3.05) is 0 Å². The molecule has 2 heteroatoms. The van der Waals surface area contributed by atoms with Gasteiger partial charge in [0, 0.05) is 0 Å². The Balaban J connectivity index is 2.81. The normalized spacial score (nSPS) is 12.1. The van der Waals surface area contributed by atoms with Crippen molar-refractivity contribution < 1.29 is 4.39 Å². The lowest BCUT2D eigenvalue weighted by molar-refractivity contribution is 0.625. The van der Waals surface area contributed by atoms with E-state index >= 15 is 0 Å². The number of halogens is 1. The molecule has 0 radical (unpaired) electrons. The largest absolute Gasteiger partial charge is 0.207 e. The number of nitriles is 1. The van der Waals surface area contributed by atoms with Crippen LogP contribution in [0, 0.1) is 17.1 Å². The summed E-state index contributed by atoms with van der Waals surface area (Å²) in [4.78, 5) is 0. The third-order valence-electron chi connectivity index (χ3n) is 2.01. The minimum Gasteiger partial charge on any atom is -0.207 e. The van der Waals surface area contributed by atoms with Crippen LogP contribution in [0.3, 0.4) is 0 Å². The minimum absolute atomic E-state index is 0.0920. The van der Waals surface area contributed by atoms with Gasteiger partial charge in [0.25, 0.3) is 0 Å². The Bertz CT molecular complexity index is 297. The summed E-state index contributed by atoms with van der Waals surface area (Å²) in [6, 6.07) is 8.37. The van der Waals surface area contributed by atoms with Gasteiger partial charge in [-0.1, -0.05) is 25.5 Å². The Morgan fingerprint density at radius 3 is 2.46 bits per heavy atom. The molecule has 0 aliphatic rings. The highest BCUT2D eigenvalue weighted by molar-refractivity contribution is 5.24. The van der Waals surface area contributed by atoms with E-state index in [0.717, 1.165) is 18.4 Å². The van der Waals surface area contributed by atoms with Gasteiger partial charge in [0.15, 0.2) is 0 Å². The molecule has 0 aromatic heterocycles. The van der Waals surface area contributed by atoms with Crippen molar-refractivity contribution >= 4 is 0 Å². The molecule has 68 valence electrons. The highest BCUT2D eigenvalue weighted by atomic mass is 19.1. The lowest BCUT2D eigenvalue weighted by Crippen LogP contribution is -1.94.